The second-order valence-corrected chi connectivity index (χ2v) is 1.09. The van der Waals surface area contributed by atoms with E-state index in [0.29, 0.717) is 0 Å². The lowest BCUT2D eigenvalue weighted by atomic mass is 10.4. The molecule has 0 aliphatic heterocycles. The average molecular weight is 134 g/mol. The van der Waals surface area contributed by atoms with Gasteiger partial charge in [0, 0.05) is 5.57 Å². The molecule has 8 heavy (non-hydrogen) atoms. The maximum atomic E-state index is 9.60. The first-order chi connectivity index (χ1) is 3.64. The molecule has 0 aromatic rings. The molecule has 0 fully saturated rings. The van der Waals surface area contributed by atoms with Crippen LogP contribution >= 0.6 is 12.6 Å². The summed E-state index contributed by atoms with van der Waals surface area (Å²) in [7, 11) is 0. The zero-order valence-corrected chi connectivity index (χ0v) is 5.90. The van der Waals surface area contributed by atoms with Gasteiger partial charge in [0.2, 0.25) is 0 Å². The first kappa shape index (κ1) is 10.5. The fourth-order valence-electron chi connectivity index (χ4n) is 0. The lowest BCUT2D eigenvalue weighted by Gasteiger charge is -1.79. The third kappa shape index (κ3) is 9.12. The second-order valence-electron chi connectivity index (χ2n) is 1.09. The van der Waals surface area contributed by atoms with Crippen LogP contribution in [0.5, 0.6) is 0 Å². The number of hydrogen-bond donors (Lipinski definition) is 2. The number of hydrogen-bond acceptors (Lipinski definition) is 2. The summed E-state index contributed by atoms with van der Waals surface area (Å²) in [6.45, 7) is 4.60. The minimum absolute atomic E-state index is 0.176. The van der Waals surface area contributed by atoms with E-state index < -0.39 is 5.97 Å². The van der Waals surface area contributed by atoms with E-state index in [1.165, 1.54) is 6.92 Å². The SMILES string of the molecule is C=C(C)C(=O)O.CS. The van der Waals surface area contributed by atoms with Crippen molar-refractivity contribution in [3.8, 4) is 0 Å². The zero-order valence-electron chi connectivity index (χ0n) is 5.01. The summed E-state index contributed by atoms with van der Waals surface area (Å²) in [5.41, 5.74) is 0.176. The maximum absolute atomic E-state index is 9.60. The molecule has 0 aliphatic rings. The molecule has 0 spiro atoms. The molecule has 3 heteroatoms. The largest absolute Gasteiger partial charge is 0.478 e. The van der Waals surface area contributed by atoms with Crippen LogP contribution in [0.15, 0.2) is 12.2 Å². The van der Waals surface area contributed by atoms with Crippen molar-refractivity contribution in [2.24, 2.45) is 0 Å². The van der Waals surface area contributed by atoms with Crippen molar-refractivity contribution in [2.45, 2.75) is 6.92 Å². The lowest BCUT2D eigenvalue weighted by molar-refractivity contribution is -0.132. The summed E-state index contributed by atoms with van der Waals surface area (Å²) in [5, 5.41) is 7.89. The van der Waals surface area contributed by atoms with E-state index in [2.05, 4.69) is 19.2 Å². The van der Waals surface area contributed by atoms with E-state index in [9.17, 15) is 4.79 Å². The normalized spacial score (nSPS) is 6.38. The van der Waals surface area contributed by atoms with Gasteiger partial charge in [-0.15, -0.1) is 0 Å². The molecule has 0 atom stereocenters. The molecular formula is C5H10O2S. The highest BCUT2D eigenvalue weighted by atomic mass is 32.1. The van der Waals surface area contributed by atoms with Gasteiger partial charge >= 0.3 is 5.97 Å². The average Bonchev–Trinajstić information content (AvgIpc) is 1.72. The summed E-state index contributed by atoms with van der Waals surface area (Å²) in [5.74, 6) is -0.935. The monoisotopic (exact) mass is 134 g/mol. The molecule has 0 amide bonds. The van der Waals surface area contributed by atoms with Crippen LogP contribution in [0.1, 0.15) is 6.92 Å². The molecule has 2 nitrogen and oxygen atoms in total. The van der Waals surface area contributed by atoms with Crippen LogP contribution in [0, 0.1) is 0 Å². The van der Waals surface area contributed by atoms with Crippen molar-refractivity contribution >= 4 is 18.6 Å². The number of carboxylic acid groups (broad SMARTS) is 1. The summed E-state index contributed by atoms with van der Waals surface area (Å²) < 4.78 is 0. The van der Waals surface area contributed by atoms with Crippen LogP contribution in [-0.2, 0) is 4.79 Å². The van der Waals surface area contributed by atoms with Crippen LogP contribution in [0.4, 0.5) is 0 Å². The first-order valence-electron chi connectivity index (χ1n) is 1.98. The Kier molecular flexibility index (Phi) is 8.63. The van der Waals surface area contributed by atoms with Crippen molar-refractivity contribution in [1.29, 1.82) is 0 Å². The van der Waals surface area contributed by atoms with Crippen LogP contribution < -0.4 is 0 Å². The van der Waals surface area contributed by atoms with Crippen molar-refractivity contribution in [2.75, 3.05) is 6.26 Å². The van der Waals surface area contributed by atoms with E-state index in [1.807, 2.05) is 0 Å². The Bertz CT molecular complexity index is 76.4. The van der Waals surface area contributed by atoms with Gasteiger partial charge in [0.05, 0.1) is 0 Å². The fraction of sp³-hybridized carbons (Fsp3) is 0.400. The van der Waals surface area contributed by atoms with Gasteiger partial charge in [-0.05, 0) is 13.2 Å². The van der Waals surface area contributed by atoms with E-state index in [0.717, 1.165) is 0 Å². The van der Waals surface area contributed by atoms with E-state index in [4.69, 9.17) is 5.11 Å². The Hall–Kier alpha value is -0.440. The Morgan fingerprint density at radius 2 is 1.75 bits per heavy atom. The summed E-state index contributed by atoms with van der Waals surface area (Å²) in [6.07, 6.45) is 1.69. The zero-order chi connectivity index (χ0) is 7.15. The topological polar surface area (TPSA) is 37.3 Å². The minimum Gasteiger partial charge on any atom is -0.478 e. The molecule has 0 aromatic heterocycles. The Balaban J connectivity index is 0. The molecule has 0 heterocycles. The summed E-state index contributed by atoms with van der Waals surface area (Å²) in [4.78, 5) is 9.60. The van der Waals surface area contributed by atoms with Crippen molar-refractivity contribution < 1.29 is 9.90 Å². The number of carbonyl (C=O) groups is 1. The van der Waals surface area contributed by atoms with Crippen LogP contribution in [0.3, 0.4) is 0 Å². The molecule has 0 rings (SSSR count). The summed E-state index contributed by atoms with van der Waals surface area (Å²) >= 11 is 3.53. The predicted molar refractivity (Wildman–Crippen MR) is 37.4 cm³/mol. The third-order valence-corrected chi connectivity index (χ3v) is 0.365. The van der Waals surface area contributed by atoms with Crippen molar-refractivity contribution in [1.82, 2.24) is 0 Å². The van der Waals surface area contributed by atoms with E-state index >= 15 is 0 Å². The molecule has 0 aliphatic carbocycles. The highest BCUT2D eigenvalue weighted by Crippen LogP contribution is 1.81. The highest BCUT2D eigenvalue weighted by molar-refractivity contribution is 7.79. The van der Waals surface area contributed by atoms with Gasteiger partial charge in [-0.25, -0.2) is 4.79 Å². The molecule has 0 radical (unpaired) electrons. The first-order valence-corrected chi connectivity index (χ1v) is 2.87. The third-order valence-electron chi connectivity index (χ3n) is 0.365. The minimum atomic E-state index is -0.935. The Morgan fingerprint density at radius 1 is 1.62 bits per heavy atom. The summed E-state index contributed by atoms with van der Waals surface area (Å²) in [6, 6.07) is 0. The van der Waals surface area contributed by atoms with E-state index in [-0.39, 0.29) is 5.57 Å². The van der Waals surface area contributed by atoms with Crippen LogP contribution in [0.2, 0.25) is 0 Å². The lowest BCUT2D eigenvalue weighted by Crippen LogP contribution is -1.92. The number of aliphatic carboxylic acids is 1. The smallest absolute Gasteiger partial charge is 0.330 e. The van der Waals surface area contributed by atoms with Gasteiger partial charge in [-0.1, -0.05) is 6.58 Å². The predicted octanol–water partition coefficient (Wildman–Crippen LogP) is 1.19. The van der Waals surface area contributed by atoms with Crippen molar-refractivity contribution in [3.05, 3.63) is 12.2 Å². The molecule has 0 unspecified atom stereocenters. The molecule has 0 aromatic carbocycles. The fourth-order valence-corrected chi connectivity index (χ4v) is 0. The van der Waals surface area contributed by atoms with Gasteiger partial charge in [-0.2, -0.15) is 12.6 Å². The number of thiol groups is 1. The molecule has 1 N–H and O–H groups in total. The Morgan fingerprint density at radius 3 is 1.75 bits per heavy atom. The number of carboxylic acids is 1. The molecular weight excluding hydrogens is 124 g/mol. The van der Waals surface area contributed by atoms with Crippen molar-refractivity contribution in [3.63, 3.8) is 0 Å². The van der Waals surface area contributed by atoms with Crippen LogP contribution in [-0.4, -0.2) is 17.3 Å². The van der Waals surface area contributed by atoms with Gasteiger partial charge in [0.25, 0.3) is 0 Å². The van der Waals surface area contributed by atoms with Gasteiger partial charge in [0.15, 0.2) is 0 Å². The molecule has 48 valence electrons. The maximum Gasteiger partial charge on any atom is 0.330 e. The molecule has 0 saturated carbocycles. The van der Waals surface area contributed by atoms with E-state index in [1.54, 1.807) is 6.26 Å². The Labute approximate surface area is 54.6 Å². The highest BCUT2D eigenvalue weighted by Gasteiger charge is 1.90. The molecule has 0 saturated heterocycles. The standard InChI is InChI=1S/C4H6O2.CH4S/c1-3(2)4(5)6;1-2/h1H2,2H3,(H,5,6);2H,1H3. The van der Waals surface area contributed by atoms with Crippen LogP contribution in [0.25, 0.3) is 0 Å². The number of rotatable bonds is 1. The van der Waals surface area contributed by atoms with Gasteiger partial charge in [-0.3, -0.25) is 0 Å². The molecule has 0 bridgehead atoms. The second kappa shape index (κ2) is 6.56. The van der Waals surface area contributed by atoms with Gasteiger partial charge < -0.3 is 5.11 Å². The quantitative estimate of drug-likeness (QED) is 0.417. The van der Waals surface area contributed by atoms with Gasteiger partial charge in [0.1, 0.15) is 0 Å².